The summed E-state index contributed by atoms with van der Waals surface area (Å²) in [6.07, 6.45) is 5.12. The fourth-order valence-corrected chi connectivity index (χ4v) is 2.27. The summed E-state index contributed by atoms with van der Waals surface area (Å²) in [5.74, 6) is 0.729. The predicted molar refractivity (Wildman–Crippen MR) is 80.9 cm³/mol. The van der Waals surface area contributed by atoms with Crippen molar-refractivity contribution < 1.29 is 0 Å². The van der Waals surface area contributed by atoms with Crippen molar-refractivity contribution in [3.8, 4) is 5.69 Å². The molecule has 0 radical (unpaired) electrons. The first-order chi connectivity index (χ1) is 9.74. The van der Waals surface area contributed by atoms with E-state index < -0.39 is 0 Å². The minimum Gasteiger partial charge on any atom is -0.381 e. The topological polar surface area (TPSA) is 55.6 Å². The molecule has 0 saturated carbocycles. The van der Waals surface area contributed by atoms with E-state index in [1.165, 1.54) is 12.8 Å². The van der Waals surface area contributed by atoms with Gasteiger partial charge < -0.3 is 5.32 Å². The van der Waals surface area contributed by atoms with Crippen LogP contribution in [0.25, 0.3) is 5.69 Å². The van der Waals surface area contributed by atoms with Crippen LogP contribution in [0.15, 0.2) is 30.6 Å². The second kappa shape index (κ2) is 7.03. The van der Waals surface area contributed by atoms with E-state index in [-0.39, 0.29) is 0 Å². The Hall–Kier alpha value is -1.91. The standard InChI is InChI=1S/C15H23N5/c1-4-12(3)10-13(5-2)17-14-8-6-7-9-15(14)20-11-16-18-19-20/h6-9,11-13,17H,4-5,10H2,1-3H3. The summed E-state index contributed by atoms with van der Waals surface area (Å²) >= 11 is 0. The van der Waals surface area contributed by atoms with Gasteiger partial charge in [0.2, 0.25) is 0 Å². The zero-order valence-electron chi connectivity index (χ0n) is 12.5. The number of hydrogen-bond donors (Lipinski definition) is 1. The van der Waals surface area contributed by atoms with Gasteiger partial charge in [-0.2, -0.15) is 4.68 Å². The number of nitrogens with one attached hydrogen (secondary N) is 1. The highest BCUT2D eigenvalue weighted by Gasteiger charge is 2.13. The summed E-state index contributed by atoms with van der Waals surface area (Å²) in [5.41, 5.74) is 2.06. The van der Waals surface area contributed by atoms with Crippen molar-refractivity contribution in [3.63, 3.8) is 0 Å². The van der Waals surface area contributed by atoms with Gasteiger partial charge >= 0.3 is 0 Å². The Kier molecular flexibility index (Phi) is 5.09. The third-order valence-corrected chi connectivity index (χ3v) is 3.74. The predicted octanol–water partition coefficient (Wildman–Crippen LogP) is 3.29. The molecule has 1 N–H and O–H groups in total. The smallest absolute Gasteiger partial charge is 0.143 e. The van der Waals surface area contributed by atoms with Gasteiger partial charge in [-0.05, 0) is 41.3 Å². The highest BCUT2D eigenvalue weighted by molar-refractivity contribution is 5.60. The van der Waals surface area contributed by atoms with E-state index in [4.69, 9.17) is 0 Å². The molecule has 0 aliphatic rings. The van der Waals surface area contributed by atoms with Crippen LogP contribution in [0.4, 0.5) is 5.69 Å². The van der Waals surface area contributed by atoms with Crippen LogP contribution in [-0.2, 0) is 0 Å². The Morgan fingerprint density at radius 1 is 1.20 bits per heavy atom. The summed E-state index contributed by atoms with van der Waals surface area (Å²) in [6.45, 7) is 6.77. The van der Waals surface area contributed by atoms with Gasteiger partial charge in [0.15, 0.2) is 0 Å². The molecule has 1 aromatic heterocycles. The van der Waals surface area contributed by atoms with Crippen molar-refractivity contribution in [1.29, 1.82) is 0 Å². The fourth-order valence-electron chi connectivity index (χ4n) is 2.27. The van der Waals surface area contributed by atoms with Crippen LogP contribution in [0.2, 0.25) is 0 Å². The molecule has 1 heterocycles. The number of anilines is 1. The molecule has 0 aliphatic heterocycles. The molecule has 2 aromatic rings. The minimum absolute atomic E-state index is 0.475. The lowest BCUT2D eigenvalue weighted by Crippen LogP contribution is -2.22. The first-order valence-corrected chi connectivity index (χ1v) is 7.33. The van der Waals surface area contributed by atoms with Gasteiger partial charge in [-0.15, -0.1) is 5.10 Å². The lowest BCUT2D eigenvalue weighted by atomic mass is 9.97. The Bertz CT molecular complexity index is 509. The summed E-state index contributed by atoms with van der Waals surface area (Å²) < 4.78 is 1.69. The van der Waals surface area contributed by atoms with E-state index in [1.807, 2.05) is 18.2 Å². The lowest BCUT2D eigenvalue weighted by Gasteiger charge is -2.22. The zero-order valence-corrected chi connectivity index (χ0v) is 12.5. The Balaban J connectivity index is 2.16. The number of tetrazole rings is 1. The number of hydrogen-bond acceptors (Lipinski definition) is 4. The molecule has 2 unspecified atom stereocenters. The quantitative estimate of drug-likeness (QED) is 0.841. The molecule has 1 aromatic carbocycles. The molecular formula is C15H23N5. The maximum atomic E-state index is 3.97. The molecule has 5 nitrogen and oxygen atoms in total. The molecule has 2 rings (SSSR count). The monoisotopic (exact) mass is 273 g/mol. The number of benzene rings is 1. The first-order valence-electron chi connectivity index (χ1n) is 7.33. The van der Waals surface area contributed by atoms with Gasteiger partial charge in [0.1, 0.15) is 6.33 Å². The van der Waals surface area contributed by atoms with Crippen LogP contribution >= 0.6 is 0 Å². The molecule has 108 valence electrons. The van der Waals surface area contributed by atoms with Crippen molar-refractivity contribution in [3.05, 3.63) is 30.6 Å². The third-order valence-electron chi connectivity index (χ3n) is 3.74. The van der Waals surface area contributed by atoms with Gasteiger partial charge in [-0.3, -0.25) is 0 Å². The second-order valence-electron chi connectivity index (χ2n) is 5.27. The molecule has 0 bridgehead atoms. The highest BCUT2D eigenvalue weighted by Crippen LogP contribution is 2.22. The summed E-state index contributed by atoms with van der Waals surface area (Å²) in [4.78, 5) is 0. The average Bonchev–Trinajstić information content (AvgIpc) is 3.01. The number of rotatable bonds is 7. The highest BCUT2D eigenvalue weighted by atomic mass is 15.5. The normalized spacial score (nSPS) is 13.9. The Morgan fingerprint density at radius 2 is 2.00 bits per heavy atom. The molecule has 20 heavy (non-hydrogen) atoms. The Labute approximate surface area is 120 Å². The van der Waals surface area contributed by atoms with E-state index in [2.05, 4.69) is 47.7 Å². The van der Waals surface area contributed by atoms with E-state index >= 15 is 0 Å². The SMILES string of the molecule is CCC(C)CC(CC)Nc1ccccc1-n1cnnn1. The Morgan fingerprint density at radius 3 is 2.65 bits per heavy atom. The molecule has 5 heteroatoms. The van der Waals surface area contributed by atoms with Gasteiger partial charge in [0, 0.05) is 6.04 Å². The van der Waals surface area contributed by atoms with Crippen molar-refractivity contribution in [2.45, 2.75) is 46.1 Å². The van der Waals surface area contributed by atoms with Crippen LogP contribution in [0.5, 0.6) is 0 Å². The van der Waals surface area contributed by atoms with Crippen LogP contribution in [0, 0.1) is 5.92 Å². The van der Waals surface area contributed by atoms with E-state index in [0.717, 1.165) is 23.7 Å². The van der Waals surface area contributed by atoms with Crippen molar-refractivity contribution >= 4 is 5.69 Å². The van der Waals surface area contributed by atoms with Gasteiger partial charge in [-0.25, -0.2) is 0 Å². The molecule has 0 fully saturated rings. The number of para-hydroxylation sites is 2. The van der Waals surface area contributed by atoms with Crippen LogP contribution < -0.4 is 5.32 Å². The van der Waals surface area contributed by atoms with Crippen LogP contribution in [-0.4, -0.2) is 26.2 Å². The molecule has 0 spiro atoms. The van der Waals surface area contributed by atoms with Crippen molar-refractivity contribution in [2.24, 2.45) is 5.92 Å². The van der Waals surface area contributed by atoms with Gasteiger partial charge in [0.05, 0.1) is 11.4 Å². The van der Waals surface area contributed by atoms with Crippen molar-refractivity contribution in [1.82, 2.24) is 20.2 Å². The van der Waals surface area contributed by atoms with Crippen LogP contribution in [0.1, 0.15) is 40.0 Å². The molecular weight excluding hydrogens is 250 g/mol. The van der Waals surface area contributed by atoms with E-state index in [0.29, 0.717) is 6.04 Å². The van der Waals surface area contributed by atoms with Crippen LogP contribution in [0.3, 0.4) is 0 Å². The zero-order chi connectivity index (χ0) is 14.4. The number of nitrogens with zero attached hydrogens (tertiary/aromatic N) is 4. The molecule has 0 saturated heterocycles. The summed E-state index contributed by atoms with van der Waals surface area (Å²) in [7, 11) is 0. The second-order valence-corrected chi connectivity index (χ2v) is 5.27. The maximum Gasteiger partial charge on any atom is 0.143 e. The van der Waals surface area contributed by atoms with Gasteiger partial charge in [-0.1, -0.05) is 39.3 Å². The summed E-state index contributed by atoms with van der Waals surface area (Å²) in [6, 6.07) is 8.61. The first kappa shape index (κ1) is 14.5. The average molecular weight is 273 g/mol. The third kappa shape index (κ3) is 3.56. The molecule has 0 amide bonds. The molecule has 2 atom stereocenters. The maximum absolute atomic E-state index is 3.97. The fraction of sp³-hybridized carbons (Fsp3) is 0.533. The van der Waals surface area contributed by atoms with E-state index in [9.17, 15) is 0 Å². The van der Waals surface area contributed by atoms with Gasteiger partial charge in [0.25, 0.3) is 0 Å². The van der Waals surface area contributed by atoms with E-state index in [1.54, 1.807) is 11.0 Å². The number of aromatic nitrogens is 4. The summed E-state index contributed by atoms with van der Waals surface area (Å²) in [5, 5.41) is 15.0. The minimum atomic E-state index is 0.475. The van der Waals surface area contributed by atoms with Crippen molar-refractivity contribution in [2.75, 3.05) is 5.32 Å². The lowest BCUT2D eigenvalue weighted by molar-refractivity contribution is 0.461. The largest absolute Gasteiger partial charge is 0.381 e. The molecule has 0 aliphatic carbocycles.